The molecule has 1 amide bonds. The topological polar surface area (TPSA) is 71.7 Å². The molecule has 0 saturated heterocycles. The third kappa shape index (κ3) is 4.13. The van der Waals surface area contributed by atoms with Gasteiger partial charge in [0.2, 0.25) is 0 Å². The van der Waals surface area contributed by atoms with E-state index in [1.165, 1.54) is 6.26 Å². The zero-order valence-corrected chi connectivity index (χ0v) is 11.2. The first-order valence-electron chi connectivity index (χ1n) is 6.34. The van der Waals surface area contributed by atoms with Crippen LogP contribution in [-0.2, 0) is 0 Å². The standard InChI is InChI=1S/C15H17NO4/c1-11-4-2-5-13(8-11)20-10-12(17)9-16-15(18)14-6-3-7-19-14/h2-8,12,17H,9-10H2,1H3,(H,16,18). The molecule has 1 heterocycles. The molecule has 5 heteroatoms. The van der Waals surface area contributed by atoms with Crippen molar-refractivity contribution in [1.29, 1.82) is 0 Å². The van der Waals surface area contributed by atoms with E-state index in [-0.39, 0.29) is 24.8 Å². The van der Waals surface area contributed by atoms with Crippen LogP contribution in [0.2, 0.25) is 0 Å². The summed E-state index contributed by atoms with van der Waals surface area (Å²) in [7, 11) is 0. The molecule has 0 aliphatic carbocycles. The fourth-order valence-electron chi connectivity index (χ4n) is 1.66. The third-order valence-corrected chi connectivity index (χ3v) is 2.68. The van der Waals surface area contributed by atoms with Gasteiger partial charge in [0.15, 0.2) is 5.76 Å². The molecular formula is C15H17NO4. The van der Waals surface area contributed by atoms with Crippen molar-refractivity contribution in [2.24, 2.45) is 0 Å². The Hall–Kier alpha value is -2.27. The van der Waals surface area contributed by atoms with Gasteiger partial charge < -0.3 is 19.6 Å². The lowest BCUT2D eigenvalue weighted by molar-refractivity contribution is 0.0822. The Morgan fingerprint density at radius 2 is 2.25 bits per heavy atom. The minimum atomic E-state index is -0.783. The first-order chi connectivity index (χ1) is 9.65. The largest absolute Gasteiger partial charge is 0.491 e. The second-order valence-corrected chi connectivity index (χ2v) is 4.47. The number of hydrogen-bond donors (Lipinski definition) is 2. The van der Waals surface area contributed by atoms with Crippen LogP contribution in [0.5, 0.6) is 5.75 Å². The highest BCUT2D eigenvalue weighted by molar-refractivity contribution is 5.91. The molecule has 2 rings (SSSR count). The zero-order chi connectivity index (χ0) is 14.4. The highest BCUT2D eigenvalue weighted by Crippen LogP contribution is 2.12. The normalized spacial score (nSPS) is 11.9. The summed E-state index contributed by atoms with van der Waals surface area (Å²) in [6.07, 6.45) is 0.640. The maximum atomic E-state index is 11.6. The van der Waals surface area contributed by atoms with E-state index in [2.05, 4.69) is 5.32 Å². The predicted molar refractivity (Wildman–Crippen MR) is 73.7 cm³/mol. The van der Waals surface area contributed by atoms with Crippen molar-refractivity contribution in [3.63, 3.8) is 0 Å². The average Bonchev–Trinajstić information content (AvgIpc) is 2.97. The van der Waals surface area contributed by atoms with E-state index in [0.717, 1.165) is 5.56 Å². The summed E-state index contributed by atoms with van der Waals surface area (Å²) in [6, 6.07) is 10.7. The van der Waals surface area contributed by atoms with Crippen LogP contribution in [0.3, 0.4) is 0 Å². The van der Waals surface area contributed by atoms with E-state index in [9.17, 15) is 9.90 Å². The molecule has 0 bridgehead atoms. The van der Waals surface area contributed by atoms with Crippen molar-refractivity contribution >= 4 is 5.91 Å². The molecule has 1 aromatic heterocycles. The molecule has 0 spiro atoms. The van der Waals surface area contributed by atoms with E-state index < -0.39 is 6.10 Å². The monoisotopic (exact) mass is 275 g/mol. The number of aliphatic hydroxyl groups excluding tert-OH is 1. The third-order valence-electron chi connectivity index (χ3n) is 2.68. The lowest BCUT2D eigenvalue weighted by Crippen LogP contribution is -2.35. The van der Waals surface area contributed by atoms with Crippen LogP contribution >= 0.6 is 0 Å². The van der Waals surface area contributed by atoms with Crippen molar-refractivity contribution in [2.75, 3.05) is 13.2 Å². The molecule has 1 atom stereocenters. The Morgan fingerprint density at radius 1 is 1.40 bits per heavy atom. The van der Waals surface area contributed by atoms with Gasteiger partial charge in [0.25, 0.3) is 5.91 Å². The Labute approximate surface area is 117 Å². The molecule has 1 unspecified atom stereocenters. The number of amides is 1. The highest BCUT2D eigenvalue weighted by atomic mass is 16.5. The van der Waals surface area contributed by atoms with Crippen molar-refractivity contribution in [3.8, 4) is 5.75 Å². The van der Waals surface area contributed by atoms with E-state index in [0.29, 0.717) is 5.75 Å². The van der Waals surface area contributed by atoms with E-state index >= 15 is 0 Å². The van der Waals surface area contributed by atoms with Crippen LogP contribution in [0.4, 0.5) is 0 Å². The Bertz CT molecular complexity index is 551. The summed E-state index contributed by atoms with van der Waals surface area (Å²) in [5, 5.41) is 12.3. The van der Waals surface area contributed by atoms with Crippen LogP contribution in [0, 0.1) is 6.92 Å². The number of hydrogen-bond acceptors (Lipinski definition) is 4. The predicted octanol–water partition coefficient (Wildman–Crippen LogP) is 1.76. The number of furan rings is 1. The second kappa shape index (κ2) is 6.77. The van der Waals surface area contributed by atoms with Crippen LogP contribution in [0.15, 0.2) is 47.1 Å². The Morgan fingerprint density at radius 3 is 2.95 bits per heavy atom. The Kier molecular flexibility index (Phi) is 4.79. The van der Waals surface area contributed by atoms with Crippen molar-refractivity contribution in [1.82, 2.24) is 5.32 Å². The van der Waals surface area contributed by atoms with Crippen molar-refractivity contribution < 1.29 is 19.1 Å². The Balaban J connectivity index is 1.73. The number of carbonyl (C=O) groups excluding carboxylic acids is 1. The van der Waals surface area contributed by atoms with Crippen LogP contribution in [0.1, 0.15) is 16.1 Å². The van der Waals surface area contributed by atoms with Gasteiger partial charge in [0.05, 0.1) is 6.26 Å². The highest BCUT2D eigenvalue weighted by Gasteiger charge is 2.11. The van der Waals surface area contributed by atoms with E-state index in [4.69, 9.17) is 9.15 Å². The lowest BCUT2D eigenvalue weighted by Gasteiger charge is -2.13. The minimum Gasteiger partial charge on any atom is -0.491 e. The molecule has 0 aliphatic heterocycles. The van der Waals surface area contributed by atoms with E-state index in [1.54, 1.807) is 12.1 Å². The van der Waals surface area contributed by atoms with Gasteiger partial charge in [-0.05, 0) is 36.8 Å². The van der Waals surface area contributed by atoms with Gasteiger partial charge in [0, 0.05) is 6.54 Å². The van der Waals surface area contributed by atoms with Gasteiger partial charge in [-0.3, -0.25) is 4.79 Å². The summed E-state index contributed by atoms with van der Waals surface area (Å²) < 4.78 is 10.4. The number of benzene rings is 1. The van der Waals surface area contributed by atoms with Gasteiger partial charge in [-0.1, -0.05) is 12.1 Å². The first-order valence-corrected chi connectivity index (χ1v) is 6.34. The fraction of sp³-hybridized carbons (Fsp3) is 0.267. The number of aryl methyl sites for hydroxylation is 1. The van der Waals surface area contributed by atoms with Gasteiger partial charge >= 0.3 is 0 Å². The number of carbonyl (C=O) groups is 1. The summed E-state index contributed by atoms with van der Waals surface area (Å²) in [4.78, 5) is 11.6. The molecule has 1 aromatic carbocycles. The second-order valence-electron chi connectivity index (χ2n) is 4.47. The summed E-state index contributed by atoms with van der Waals surface area (Å²) in [5.41, 5.74) is 1.09. The van der Waals surface area contributed by atoms with Gasteiger partial charge in [0.1, 0.15) is 18.5 Å². The minimum absolute atomic E-state index is 0.103. The van der Waals surface area contributed by atoms with Crippen molar-refractivity contribution in [2.45, 2.75) is 13.0 Å². The zero-order valence-electron chi connectivity index (χ0n) is 11.2. The summed E-state index contributed by atoms with van der Waals surface area (Å²) in [6.45, 7) is 2.18. The molecule has 0 aliphatic rings. The fourth-order valence-corrected chi connectivity index (χ4v) is 1.66. The van der Waals surface area contributed by atoms with Gasteiger partial charge in [-0.15, -0.1) is 0 Å². The first kappa shape index (κ1) is 14.1. The molecule has 20 heavy (non-hydrogen) atoms. The van der Waals surface area contributed by atoms with Crippen LogP contribution in [0.25, 0.3) is 0 Å². The molecule has 106 valence electrons. The molecule has 2 N–H and O–H groups in total. The van der Waals surface area contributed by atoms with Gasteiger partial charge in [-0.2, -0.15) is 0 Å². The van der Waals surface area contributed by atoms with Gasteiger partial charge in [-0.25, -0.2) is 0 Å². The van der Waals surface area contributed by atoms with Crippen molar-refractivity contribution in [3.05, 3.63) is 54.0 Å². The number of aliphatic hydroxyl groups is 1. The van der Waals surface area contributed by atoms with Crippen LogP contribution in [-0.4, -0.2) is 30.3 Å². The molecular weight excluding hydrogens is 258 g/mol. The molecule has 0 radical (unpaired) electrons. The quantitative estimate of drug-likeness (QED) is 0.842. The average molecular weight is 275 g/mol. The number of nitrogens with one attached hydrogen (secondary N) is 1. The summed E-state index contributed by atoms with van der Waals surface area (Å²) in [5.74, 6) is 0.558. The number of ether oxygens (including phenoxy) is 1. The smallest absolute Gasteiger partial charge is 0.287 e. The lowest BCUT2D eigenvalue weighted by atomic mass is 10.2. The molecule has 2 aromatic rings. The number of rotatable bonds is 6. The molecule has 0 fully saturated rings. The van der Waals surface area contributed by atoms with Crippen LogP contribution < -0.4 is 10.1 Å². The summed E-state index contributed by atoms with van der Waals surface area (Å²) >= 11 is 0. The molecule has 5 nitrogen and oxygen atoms in total. The maximum Gasteiger partial charge on any atom is 0.287 e. The van der Waals surface area contributed by atoms with E-state index in [1.807, 2.05) is 31.2 Å². The molecule has 0 saturated carbocycles. The maximum absolute atomic E-state index is 11.6. The SMILES string of the molecule is Cc1cccc(OCC(O)CNC(=O)c2ccco2)c1.